The molecule has 1 unspecified atom stereocenters. The first-order valence-corrected chi connectivity index (χ1v) is 4.63. The maximum atomic E-state index is 10.2. The predicted octanol–water partition coefficient (Wildman–Crippen LogP) is 2.16. The summed E-state index contributed by atoms with van der Waals surface area (Å²) in [6.07, 6.45) is 1.81. The number of hydrogen-bond acceptors (Lipinski definition) is 2. The van der Waals surface area contributed by atoms with Crippen molar-refractivity contribution in [1.29, 1.82) is 0 Å². The second-order valence-electron chi connectivity index (χ2n) is 2.88. The minimum absolute atomic E-state index is 0.403. The van der Waals surface area contributed by atoms with Gasteiger partial charge < -0.3 is 4.74 Å². The summed E-state index contributed by atoms with van der Waals surface area (Å²) in [4.78, 5) is 10.2. The SMILES string of the molecule is C=CCC(C#Cc1ccccc1)OC=O. The molecule has 0 aliphatic carbocycles. The molecule has 76 valence electrons. The lowest BCUT2D eigenvalue weighted by Crippen LogP contribution is -2.07. The highest BCUT2D eigenvalue weighted by Crippen LogP contribution is 1.99. The molecule has 1 aromatic carbocycles. The molecule has 0 aromatic heterocycles. The molecule has 0 saturated heterocycles. The molecular weight excluding hydrogens is 188 g/mol. The summed E-state index contributed by atoms with van der Waals surface area (Å²) in [6, 6.07) is 9.55. The van der Waals surface area contributed by atoms with Crippen molar-refractivity contribution in [2.75, 3.05) is 0 Å². The Morgan fingerprint density at radius 1 is 1.40 bits per heavy atom. The normalized spacial score (nSPS) is 10.7. The van der Waals surface area contributed by atoms with Crippen LogP contribution in [0, 0.1) is 11.8 Å². The molecule has 0 saturated carbocycles. The topological polar surface area (TPSA) is 26.3 Å². The van der Waals surface area contributed by atoms with Crippen LogP contribution in [0.5, 0.6) is 0 Å². The van der Waals surface area contributed by atoms with E-state index in [9.17, 15) is 4.79 Å². The van der Waals surface area contributed by atoms with Crippen LogP contribution in [0.2, 0.25) is 0 Å². The van der Waals surface area contributed by atoms with Crippen molar-refractivity contribution in [2.45, 2.75) is 12.5 Å². The molecule has 2 heteroatoms. The van der Waals surface area contributed by atoms with E-state index in [4.69, 9.17) is 4.74 Å². The number of hydrogen-bond donors (Lipinski definition) is 0. The summed E-state index contributed by atoms with van der Waals surface area (Å²) in [5.74, 6) is 5.80. The summed E-state index contributed by atoms with van der Waals surface area (Å²) in [7, 11) is 0. The van der Waals surface area contributed by atoms with E-state index in [1.807, 2.05) is 30.3 Å². The first-order chi connectivity index (χ1) is 7.36. The minimum Gasteiger partial charge on any atom is -0.451 e. The average Bonchev–Trinajstić information content (AvgIpc) is 2.28. The Kier molecular flexibility index (Phi) is 4.75. The zero-order valence-electron chi connectivity index (χ0n) is 8.35. The van der Waals surface area contributed by atoms with Gasteiger partial charge >= 0.3 is 0 Å². The lowest BCUT2D eigenvalue weighted by atomic mass is 10.2. The molecule has 2 nitrogen and oxygen atoms in total. The van der Waals surface area contributed by atoms with Crippen molar-refractivity contribution in [1.82, 2.24) is 0 Å². The second-order valence-corrected chi connectivity index (χ2v) is 2.88. The molecule has 0 N–H and O–H groups in total. The van der Waals surface area contributed by atoms with Crippen molar-refractivity contribution in [3.63, 3.8) is 0 Å². The Balaban J connectivity index is 2.68. The third kappa shape index (κ3) is 4.15. The summed E-state index contributed by atoms with van der Waals surface area (Å²) in [5.41, 5.74) is 0.904. The molecule has 0 heterocycles. The van der Waals surface area contributed by atoms with Gasteiger partial charge in [0.15, 0.2) is 6.10 Å². The second kappa shape index (κ2) is 6.44. The molecule has 1 atom stereocenters. The third-order valence-electron chi connectivity index (χ3n) is 1.75. The summed E-state index contributed by atoms with van der Waals surface area (Å²) < 4.78 is 4.78. The molecule has 0 spiro atoms. The zero-order valence-corrected chi connectivity index (χ0v) is 8.35. The van der Waals surface area contributed by atoms with Crippen LogP contribution in [-0.4, -0.2) is 12.6 Å². The molecule has 0 fully saturated rings. The van der Waals surface area contributed by atoms with E-state index in [0.29, 0.717) is 12.9 Å². The molecule has 1 rings (SSSR count). The van der Waals surface area contributed by atoms with Crippen LogP contribution in [-0.2, 0) is 9.53 Å². The number of rotatable bonds is 4. The predicted molar refractivity (Wildman–Crippen MR) is 59.1 cm³/mol. The van der Waals surface area contributed by atoms with Crippen LogP contribution in [0.15, 0.2) is 43.0 Å². The molecule has 0 aliphatic rings. The van der Waals surface area contributed by atoms with Crippen LogP contribution in [0.3, 0.4) is 0 Å². The van der Waals surface area contributed by atoms with Crippen molar-refractivity contribution in [2.24, 2.45) is 0 Å². The van der Waals surface area contributed by atoms with E-state index < -0.39 is 6.10 Å². The minimum atomic E-state index is -0.403. The van der Waals surface area contributed by atoms with Crippen LogP contribution >= 0.6 is 0 Å². The van der Waals surface area contributed by atoms with E-state index in [-0.39, 0.29) is 0 Å². The molecule has 0 amide bonds. The number of carbonyl (C=O) groups excluding carboxylic acids is 1. The first-order valence-electron chi connectivity index (χ1n) is 4.63. The highest BCUT2D eigenvalue weighted by molar-refractivity contribution is 5.40. The smallest absolute Gasteiger partial charge is 0.294 e. The van der Waals surface area contributed by atoms with Crippen molar-refractivity contribution in [3.8, 4) is 11.8 Å². The summed E-state index contributed by atoms with van der Waals surface area (Å²) >= 11 is 0. The van der Waals surface area contributed by atoms with Gasteiger partial charge in [-0.05, 0) is 12.1 Å². The largest absolute Gasteiger partial charge is 0.451 e. The number of carbonyl (C=O) groups is 1. The monoisotopic (exact) mass is 200 g/mol. The van der Waals surface area contributed by atoms with Crippen LogP contribution in [0.4, 0.5) is 0 Å². The van der Waals surface area contributed by atoms with Gasteiger partial charge in [0, 0.05) is 12.0 Å². The van der Waals surface area contributed by atoms with Gasteiger partial charge in [-0.15, -0.1) is 6.58 Å². The Bertz CT molecular complexity index is 361. The van der Waals surface area contributed by atoms with E-state index >= 15 is 0 Å². The van der Waals surface area contributed by atoms with E-state index in [1.165, 1.54) is 0 Å². The van der Waals surface area contributed by atoms with Crippen molar-refractivity contribution < 1.29 is 9.53 Å². The fourth-order valence-corrected chi connectivity index (χ4v) is 1.05. The molecular formula is C13H12O2. The van der Waals surface area contributed by atoms with Gasteiger partial charge in [0.05, 0.1) is 0 Å². The Morgan fingerprint density at radius 2 is 2.13 bits per heavy atom. The lowest BCUT2D eigenvalue weighted by molar-refractivity contribution is -0.131. The fourth-order valence-electron chi connectivity index (χ4n) is 1.05. The summed E-state index contributed by atoms with van der Waals surface area (Å²) in [6.45, 7) is 3.98. The van der Waals surface area contributed by atoms with Gasteiger partial charge in [0.2, 0.25) is 0 Å². The van der Waals surface area contributed by atoms with Gasteiger partial charge in [0.1, 0.15) is 0 Å². The van der Waals surface area contributed by atoms with Crippen LogP contribution in [0.1, 0.15) is 12.0 Å². The molecule has 15 heavy (non-hydrogen) atoms. The third-order valence-corrected chi connectivity index (χ3v) is 1.75. The maximum absolute atomic E-state index is 10.2. The number of benzene rings is 1. The molecule has 1 aromatic rings. The Hall–Kier alpha value is -2.01. The fraction of sp³-hybridized carbons (Fsp3) is 0.154. The van der Waals surface area contributed by atoms with Crippen LogP contribution < -0.4 is 0 Å². The molecule has 0 bridgehead atoms. The van der Waals surface area contributed by atoms with Gasteiger partial charge in [-0.1, -0.05) is 36.1 Å². The Labute approximate surface area is 89.6 Å². The van der Waals surface area contributed by atoms with Crippen molar-refractivity contribution in [3.05, 3.63) is 48.6 Å². The average molecular weight is 200 g/mol. The quantitative estimate of drug-likeness (QED) is 0.423. The van der Waals surface area contributed by atoms with E-state index in [1.54, 1.807) is 6.08 Å². The van der Waals surface area contributed by atoms with Gasteiger partial charge in [-0.2, -0.15) is 0 Å². The Morgan fingerprint density at radius 3 is 2.73 bits per heavy atom. The van der Waals surface area contributed by atoms with Crippen molar-refractivity contribution >= 4 is 6.47 Å². The van der Waals surface area contributed by atoms with Gasteiger partial charge in [-0.3, -0.25) is 4.79 Å². The maximum Gasteiger partial charge on any atom is 0.294 e. The number of ether oxygens (including phenoxy) is 1. The van der Waals surface area contributed by atoms with Crippen LogP contribution in [0.25, 0.3) is 0 Å². The highest BCUT2D eigenvalue weighted by atomic mass is 16.5. The van der Waals surface area contributed by atoms with Gasteiger partial charge in [0.25, 0.3) is 6.47 Å². The first kappa shape index (κ1) is 11.1. The highest BCUT2D eigenvalue weighted by Gasteiger charge is 2.00. The van der Waals surface area contributed by atoms with E-state index in [2.05, 4.69) is 18.4 Å². The molecule has 0 aliphatic heterocycles. The standard InChI is InChI=1S/C13H12O2/c1-2-6-13(15-11-14)10-9-12-7-4-3-5-8-12/h2-5,7-8,11,13H,1,6H2. The van der Waals surface area contributed by atoms with Gasteiger partial charge in [-0.25, -0.2) is 0 Å². The summed E-state index contributed by atoms with van der Waals surface area (Å²) in [5, 5.41) is 0. The lowest BCUT2D eigenvalue weighted by Gasteiger charge is -2.03. The van der Waals surface area contributed by atoms with E-state index in [0.717, 1.165) is 5.56 Å². The zero-order chi connectivity index (χ0) is 10.9. The molecule has 0 radical (unpaired) electrons.